The van der Waals surface area contributed by atoms with Crippen LogP contribution in [0.25, 0.3) is 0 Å². The van der Waals surface area contributed by atoms with E-state index in [-0.39, 0.29) is 0 Å². The molecular weight excluding hydrogens is 242 g/mol. The average molecular weight is 261 g/mol. The van der Waals surface area contributed by atoms with Gasteiger partial charge in [-0.2, -0.15) is 0 Å². The van der Waals surface area contributed by atoms with Gasteiger partial charge in [-0.25, -0.2) is 4.98 Å². The van der Waals surface area contributed by atoms with Crippen LogP contribution >= 0.6 is 11.3 Å². The average Bonchev–Trinajstić information content (AvgIpc) is 2.78. The van der Waals surface area contributed by atoms with Gasteiger partial charge in [-0.15, -0.1) is 11.3 Å². The van der Waals surface area contributed by atoms with E-state index in [0.29, 0.717) is 6.54 Å². The molecule has 96 valence electrons. The number of rotatable bonds is 6. The van der Waals surface area contributed by atoms with E-state index in [4.69, 9.17) is 5.73 Å². The lowest BCUT2D eigenvalue weighted by Crippen LogP contribution is -2.17. The van der Waals surface area contributed by atoms with Crippen molar-refractivity contribution in [1.82, 2.24) is 9.88 Å². The van der Waals surface area contributed by atoms with Crippen LogP contribution in [0.5, 0.6) is 0 Å². The molecule has 0 aliphatic carbocycles. The molecule has 0 spiro atoms. The summed E-state index contributed by atoms with van der Waals surface area (Å²) < 4.78 is 0. The van der Waals surface area contributed by atoms with Gasteiger partial charge < -0.3 is 5.73 Å². The van der Waals surface area contributed by atoms with Crippen LogP contribution in [-0.2, 0) is 19.5 Å². The molecule has 0 bridgehead atoms. The molecule has 18 heavy (non-hydrogen) atoms. The maximum atomic E-state index is 5.53. The number of thiazole rings is 1. The van der Waals surface area contributed by atoms with Gasteiger partial charge in [0.05, 0.1) is 10.7 Å². The molecule has 0 aliphatic rings. The van der Waals surface area contributed by atoms with Crippen LogP contribution in [0.4, 0.5) is 0 Å². The first-order chi connectivity index (χ1) is 8.78. The summed E-state index contributed by atoms with van der Waals surface area (Å²) in [6, 6.07) is 10.5. The summed E-state index contributed by atoms with van der Waals surface area (Å²) >= 11 is 1.70. The minimum atomic E-state index is 0.673. The van der Waals surface area contributed by atoms with E-state index in [0.717, 1.165) is 30.2 Å². The zero-order valence-corrected chi connectivity index (χ0v) is 11.5. The normalized spacial score (nSPS) is 11.1. The fourth-order valence-corrected chi connectivity index (χ4v) is 2.69. The van der Waals surface area contributed by atoms with Crippen LogP contribution in [-0.4, -0.2) is 23.5 Å². The van der Waals surface area contributed by atoms with E-state index in [2.05, 4.69) is 46.6 Å². The molecule has 2 aromatic rings. The number of hydrogen-bond acceptors (Lipinski definition) is 4. The maximum absolute atomic E-state index is 5.53. The van der Waals surface area contributed by atoms with Crippen LogP contribution < -0.4 is 5.73 Å². The smallest absolute Gasteiger partial charge is 0.0941 e. The van der Waals surface area contributed by atoms with Gasteiger partial charge in [0, 0.05) is 24.9 Å². The predicted molar refractivity (Wildman–Crippen MR) is 76.5 cm³/mol. The highest BCUT2D eigenvalue weighted by Gasteiger charge is 2.05. The molecule has 0 saturated heterocycles. The summed E-state index contributed by atoms with van der Waals surface area (Å²) in [5, 5.41) is 3.27. The third kappa shape index (κ3) is 3.91. The molecule has 3 nitrogen and oxygen atoms in total. The van der Waals surface area contributed by atoms with E-state index in [1.165, 1.54) is 5.56 Å². The van der Waals surface area contributed by atoms with Gasteiger partial charge in [0.25, 0.3) is 0 Å². The van der Waals surface area contributed by atoms with E-state index in [1.807, 2.05) is 6.07 Å². The molecule has 0 atom stereocenters. The molecule has 0 fully saturated rings. The molecule has 1 aromatic heterocycles. The molecule has 0 aliphatic heterocycles. The zero-order chi connectivity index (χ0) is 12.8. The molecule has 0 amide bonds. The van der Waals surface area contributed by atoms with Crippen LogP contribution in [0.2, 0.25) is 0 Å². The van der Waals surface area contributed by atoms with Crippen LogP contribution in [0, 0.1) is 0 Å². The van der Waals surface area contributed by atoms with Gasteiger partial charge in [0.1, 0.15) is 0 Å². The number of aromatic nitrogens is 1. The maximum Gasteiger partial charge on any atom is 0.0941 e. The highest BCUT2D eigenvalue weighted by molar-refractivity contribution is 7.09. The Labute approximate surface area is 112 Å². The largest absolute Gasteiger partial charge is 0.330 e. The molecular formula is C14H19N3S. The Morgan fingerprint density at radius 3 is 2.72 bits per heavy atom. The van der Waals surface area contributed by atoms with E-state index in [9.17, 15) is 0 Å². The van der Waals surface area contributed by atoms with Gasteiger partial charge in [0.2, 0.25) is 0 Å². The fraction of sp³-hybridized carbons (Fsp3) is 0.357. The van der Waals surface area contributed by atoms with E-state index >= 15 is 0 Å². The second kappa shape index (κ2) is 6.64. The van der Waals surface area contributed by atoms with Gasteiger partial charge >= 0.3 is 0 Å². The minimum Gasteiger partial charge on any atom is -0.330 e. The molecule has 0 radical (unpaired) electrons. The monoisotopic (exact) mass is 261 g/mol. The van der Waals surface area contributed by atoms with Crippen molar-refractivity contribution in [1.29, 1.82) is 0 Å². The Morgan fingerprint density at radius 1 is 1.22 bits per heavy atom. The number of benzene rings is 1. The first-order valence-corrected chi connectivity index (χ1v) is 7.01. The van der Waals surface area contributed by atoms with Gasteiger partial charge in [0.15, 0.2) is 0 Å². The lowest BCUT2D eigenvalue weighted by molar-refractivity contribution is 0.315. The number of nitrogens with two attached hydrogens (primary N) is 1. The first kappa shape index (κ1) is 13.2. The van der Waals surface area contributed by atoms with Gasteiger partial charge in [-0.1, -0.05) is 30.3 Å². The van der Waals surface area contributed by atoms with Crippen molar-refractivity contribution in [3.8, 4) is 0 Å². The van der Waals surface area contributed by atoms with Crippen molar-refractivity contribution >= 4 is 11.3 Å². The number of nitrogens with zero attached hydrogens (tertiary/aromatic N) is 2. The Hall–Kier alpha value is -1.23. The summed E-state index contributed by atoms with van der Waals surface area (Å²) in [4.78, 5) is 6.85. The SMILES string of the molecule is CN(Cc1ccccc1)Cc1csc(CCN)n1. The Kier molecular flexibility index (Phi) is 4.87. The third-order valence-corrected chi connectivity index (χ3v) is 3.64. The molecule has 4 heteroatoms. The molecule has 1 heterocycles. The van der Waals surface area contributed by atoms with Crippen molar-refractivity contribution in [2.45, 2.75) is 19.5 Å². The zero-order valence-electron chi connectivity index (χ0n) is 10.7. The lowest BCUT2D eigenvalue weighted by Gasteiger charge is -2.15. The van der Waals surface area contributed by atoms with E-state index in [1.54, 1.807) is 11.3 Å². The number of hydrogen-bond donors (Lipinski definition) is 1. The van der Waals surface area contributed by atoms with Gasteiger partial charge in [-0.3, -0.25) is 4.90 Å². The van der Waals surface area contributed by atoms with Crippen molar-refractivity contribution in [3.05, 3.63) is 52.0 Å². The molecule has 0 saturated carbocycles. The summed E-state index contributed by atoms with van der Waals surface area (Å²) in [6.45, 7) is 2.51. The van der Waals surface area contributed by atoms with Crippen molar-refractivity contribution in [3.63, 3.8) is 0 Å². The van der Waals surface area contributed by atoms with Crippen LogP contribution in [0.3, 0.4) is 0 Å². The van der Waals surface area contributed by atoms with Crippen molar-refractivity contribution in [2.24, 2.45) is 5.73 Å². The van der Waals surface area contributed by atoms with E-state index < -0.39 is 0 Å². The molecule has 0 unspecified atom stereocenters. The molecule has 2 rings (SSSR count). The van der Waals surface area contributed by atoms with Crippen LogP contribution in [0.15, 0.2) is 35.7 Å². The lowest BCUT2D eigenvalue weighted by atomic mass is 10.2. The highest BCUT2D eigenvalue weighted by Crippen LogP contribution is 2.13. The first-order valence-electron chi connectivity index (χ1n) is 6.13. The molecule has 2 N–H and O–H groups in total. The predicted octanol–water partition coefficient (Wildman–Crippen LogP) is 2.28. The summed E-state index contributed by atoms with van der Waals surface area (Å²) in [5.74, 6) is 0. The summed E-state index contributed by atoms with van der Waals surface area (Å²) in [7, 11) is 2.12. The van der Waals surface area contributed by atoms with Crippen molar-refractivity contribution in [2.75, 3.05) is 13.6 Å². The Balaban J connectivity index is 1.88. The standard InChI is InChI=1S/C14H19N3S/c1-17(9-12-5-3-2-4-6-12)10-13-11-18-14(16-13)7-8-15/h2-6,11H,7-10,15H2,1H3. The second-order valence-electron chi connectivity index (χ2n) is 4.43. The highest BCUT2D eigenvalue weighted by atomic mass is 32.1. The fourth-order valence-electron chi connectivity index (χ4n) is 1.89. The molecule has 1 aromatic carbocycles. The third-order valence-electron chi connectivity index (χ3n) is 2.68. The Bertz CT molecular complexity index is 467. The minimum absolute atomic E-state index is 0.673. The second-order valence-corrected chi connectivity index (χ2v) is 5.37. The summed E-state index contributed by atoms with van der Waals surface area (Å²) in [5.41, 5.74) is 8.00. The quantitative estimate of drug-likeness (QED) is 0.867. The summed E-state index contributed by atoms with van der Waals surface area (Å²) in [6.07, 6.45) is 0.882. The van der Waals surface area contributed by atoms with Gasteiger partial charge in [-0.05, 0) is 19.2 Å². The topological polar surface area (TPSA) is 42.1 Å². The van der Waals surface area contributed by atoms with Crippen LogP contribution in [0.1, 0.15) is 16.3 Å². The van der Waals surface area contributed by atoms with Crippen molar-refractivity contribution < 1.29 is 0 Å². The Morgan fingerprint density at radius 2 is 2.00 bits per heavy atom.